The molecular formula is C15H20N2O5. The average molecular weight is 308 g/mol. The van der Waals surface area contributed by atoms with Gasteiger partial charge in [0, 0.05) is 31.9 Å². The van der Waals surface area contributed by atoms with Crippen molar-refractivity contribution >= 4 is 12.0 Å². The summed E-state index contributed by atoms with van der Waals surface area (Å²) in [4.78, 5) is 24.3. The highest BCUT2D eigenvalue weighted by atomic mass is 16.5. The molecule has 1 aliphatic heterocycles. The van der Waals surface area contributed by atoms with Crippen molar-refractivity contribution in [3.63, 3.8) is 0 Å². The Bertz CT molecular complexity index is 561. The summed E-state index contributed by atoms with van der Waals surface area (Å²) in [6.07, 6.45) is 1.09. The van der Waals surface area contributed by atoms with Gasteiger partial charge >= 0.3 is 6.09 Å². The van der Waals surface area contributed by atoms with E-state index in [4.69, 9.17) is 9.94 Å². The van der Waals surface area contributed by atoms with E-state index < -0.39 is 12.0 Å². The van der Waals surface area contributed by atoms with Gasteiger partial charge in [0.15, 0.2) is 0 Å². The Morgan fingerprint density at radius 2 is 2.18 bits per heavy atom. The fraction of sp³-hybridized carbons (Fsp3) is 0.467. The Labute approximate surface area is 128 Å². The lowest BCUT2D eigenvalue weighted by atomic mass is 9.90. The molecule has 1 atom stereocenters. The van der Waals surface area contributed by atoms with Crippen molar-refractivity contribution in [1.82, 2.24) is 10.4 Å². The molecular weight excluding hydrogens is 288 g/mol. The van der Waals surface area contributed by atoms with Crippen LogP contribution in [0.25, 0.3) is 0 Å². The van der Waals surface area contributed by atoms with E-state index in [1.807, 2.05) is 0 Å². The molecule has 22 heavy (non-hydrogen) atoms. The van der Waals surface area contributed by atoms with Gasteiger partial charge in [0.25, 0.3) is 5.91 Å². The summed E-state index contributed by atoms with van der Waals surface area (Å²) >= 11 is 0. The van der Waals surface area contributed by atoms with E-state index in [2.05, 4.69) is 0 Å². The number of hydrogen-bond acceptors (Lipinski definition) is 4. The number of rotatable bonds is 5. The predicted octanol–water partition coefficient (Wildman–Crippen LogP) is 1.64. The number of fused-ring (bicyclic) bond motifs is 1. The number of nitrogens with zero attached hydrogens (tertiary/aromatic N) is 1. The molecule has 1 aromatic rings. The summed E-state index contributed by atoms with van der Waals surface area (Å²) < 4.78 is 5.02. The van der Waals surface area contributed by atoms with Gasteiger partial charge in [0.1, 0.15) is 0 Å². The summed E-state index contributed by atoms with van der Waals surface area (Å²) in [7, 11) is 1.62. The first-order chi connectivity index (χ1) is 10.6. The quantitative estimate of drug-likeness (QED) is 0.436. The Morgan fingerprint density at radius 3 is 2.82 bits per heavy atom. The zero-order valence-corrected chi connectivity index (χ0v) is 12.4. The second-order valence-electron chi connectivity index (χ2n) is 5.33. The van der Waals surface area contributed by atoms with Gasteiger partial charge in [-0.15, -0.1) is 0 Å². The van der Waals surface area contributed by atoms with Crippen LogP contribution in [0, 0.1) is 0 Å². The van der Waals surface area contributed by atoms with Crippen LogP contribution in [0.4, 0.5) is 4.79 Å². The van der Waals surface area contributed by atoms with Crippen molar-refractivity contribution in [1.29, 1.82) is 0 Å². The Hall–Kier alpha value is -2.12. The molecule has 7 nitrogen and oxygen atoms in total. The number of amides is 2. The first-order valence-electron chi connectivity index (χ1n) is 7.11. The molecule has 0 saturated carbocycles. The lowest BCUT2D eigenvalue weighted by molar-refractivity contribution is 0.0705. The van der Waals surface area contributed by atoms with Gasteiger partial charge in [-0.05, 0) is 42.5 Å². The summed E-state index contributed by atoms with van der Waals surface area (Å²) in [6.45, 7) is 0.896. The maximum absolute atomic E-state index is 11.5. The van der Waals surface area contributed by atoms with Crippen molar-refractivity contribution in [2.45, 2.75) is 31.8 Å². The number of nitrogens with one attached hydrogen (secondary N) is 1. The van der Waals surface area contributed by atoms with E-state index >= 15 is 0 Å². The smallest absolute Gasteiger partial charge is 0.407 e. The molecule has 3 N–H and O–H groups in total. The van der Waals surface area contributed by atoms with Gasteiger partial charge in [-0.1, -0.05) is 6.07 Å². The van der Waals surface area contributed by atoms with Crippen LogP contribution in [-0.4, -0.2) is 47.0 Å². The van der Waals surface area contributed by atoms with Crippen LogP contribution >= 0.6 is 0 Å². The van der Waals surface area contributed by atoms with Crippen LogP contribution in [-0.2, 0) is 17.7 Å². The molecule has 1 heterocycles. The lowest BCUT2D eigenvalue weighted by Crippen LogP contribution is -2.43. The van der Waals surface area contributed by atoms with Gasteiger partial charge < -0.3 is 14.7 Å². The minimum absolute atomic E-state index is 0.132. The third kappa shape index (κ3) is 3.55. The van der Waals surface area contributed by atoms with E-state index in [1.165, 1.54) is 4.90 Å². The molecule has 120 valence electrons. The molecule has 7 heteroatoms. The number of carboxylic acid groups (broad SMARTS) is 1. The zero-order valence-electron chi connectivity index (χ0n) is 12.4. The predicted molar refractivity (Wildman–Crippen MR) is 77.9 cm³/mol. The maximum atomic E-state index is 11.5. The monoisotopic (exact) mass is 308 g/mol. The van der Waals surface area contributed by atoms with E-state index in [-0.39, 0.29) is 6.04 Å². The number of hydrogen-bond donors (Lipinski definition) is 3. The normalized spacial score (nSPS) is 17.0. The van der Waals surface area contributed by atoms with Crippen molar-refractivity contribution in [3.05, 3.63) is 34.9 Å². The summed E-state index contributed by atoms with van der Waals surface area (Å²) in [5.74, 6) is -0.570. The van der Waals surface area contributed by atoms with Gasteiger partial charge in [-0.3, -0.25) is 10.0 Å². The second-order valence-corrected chi connectivity index (χ2v) is 5.33. The van der Waals surface area contributed by atoms with Gasteiger partial charge in [0.05, 0.1) is 0 Å². The highest BCUT2D eigenvalue weighted by molar-refractivity contribution is 5.93. The van der Waals surface area contributed by atoms with Crippen LogP contribution in [0.15, 0.2) is 18.2 Å². The fourth-order valence-corrected chi connectivity index (χ4v) is 2.80. The van der Waals surface area contributed by atoms with Gasteiger partial charge in [-0.2, -0.15) is 0 Å². The number of benzene rings is 1. The molecule has 0 radical (unpaired) electrons. The van der Waals surface area contributed by atoms with Crippen molar-refractivity contribution in [3.8, 4) is 0 Å². The van der Waals surface area contributed by atoms with E-state index in [0.29, 0.717) is 31.6 Å². The Morgan fingerprint density at radius 1 is 1.41 bits per heavy atom. The van der Waals surface area contributed by atoms with Gasteiger partial charge in [0.2, 0.25) is 0 Å². The molecule has 0 aromatic heterocycles. The third-order valence-electron chi connectivity index (χ3n) is 3.94. The molecule has 1 unspecified atom stereocenters. The summed E-state index contributed by atoms with van der Waals surface area (Å²) in [6, 6.07) is 4.90. The van der Waals surface area contributed by atoms with E-state index in [0.717, 1.165) is 17.5 Å². The first kappa shape index (κ1) is 16.3. The average Bonchev–Trinajstić information content (AvgIpc) is 2.52. The van der Waals surface area contributed by atoms with Crippen LogP contribution in [0.1, 0.15) is 34.3 Å². The van der Waals surface area contributed by atoms with Crippen molar-refractivity contribution in [2.24, 2.45) is 0 Å². The minimum atomic E-state index is -0.940. The molecule has 1 aliphatic rings. The third-order valence-corrected chi connectivity index (χ3v) is 3.94. The van der Waals surface area contributed by atoms with Gasteiger partial charge in [-0.25, -0.2) is 10.3 Å². The molecule has 0 bridgehead atoms. The van der Waals surface area contributed by atoms with Crippen LogP contribution in [0.5, 0.6) is 0 Å². The Kier molecular flexibility index (Phi) is 5.35. The molecule has 2 rings (SSSR count). The standard InChI is InChI=1S/C15H20N2O5/c1-22-6-2-3-13-8-12-7-10(14(18)16-21)4-5-11(12)9-17(13)15(19)20/h4-5,7,13,21H,2-3,6,8-9H2,1H3,(H,16,18)(H,19,20). The van der Waals surface area contributed by atoms with Crippen molar-refractivity contribution in [2.75, 3.05) is 13.7 Å². The molecule has 1 aromatic carbocycles. The van der Waals surface area contributed by atoms with Crippen LogP contribution in [0.2, 0.25) is 0 Å². The van der Waals surface area contributed by atoms with Crippen molar-refractivity contribution < 1.29 is 24.6 Å². The fourth-order valence-electron chi connectivity index (χ4n) is 2.80. The number of hydroxylamine groups is 1. The molecule has 0 aliphatic carbocycles. The molecule has 0 saturated heterocycles. The van der Waals surface area contributed by atoms with E-state index in [1.54, 1.807) is 30.8 Å². The van der Waals surface area contributed by atoms with E-state index in [9.17, 15) is 14.7 Å². The number of carbonyl (C=O) groups excluding carboxylic acids is 1. The SMILES string of the molecule is COCCCC1Cc2cc(C(=O)NO)ccc2CN1C(=O)O. The second kappa shape index (κ2) is 7.24. The van der Waals surface area contributed by atoms with Crippen LogP contribution in [0.3, 0.4) is 0 Å². The first-order valence-corrected chi connectivity index (χ1v) is 7.11. The molecule has 2 amide bonds. The topological polar surface area (TPSA) is 99.1 Å². The highest BCUT2D eigenvalue weighted by Gasteiger charge is 2.29. The lowest BCUT2D eigenvalue weighted by Gasteiger charge is -2.35. The number of carbonyl (C=O) groups is 2. The number of ether oxygens (including phenoxy) is 1. The molecule has 0 fully saturated rings. The maximum Gasteiger partial charge on any atom is 0.407 e. The minimum Gasteiger partial charge on any atom is -0.465 e. The highest BCUT2D eigenvalue weighted by Crippen LogP contribution is 2.27. The molecule has 0 spiro atoms. The van der Waals surface area contributed by atoms with Crippen LogP contribution < -0.4 is 5.48 Å². The summed E-state index contributed by atoms with van der Waals surface area (Å²) in [5.41, 5.74) is 3.80. The zero-order chi connectivity index (χ0) is 16.1. The summed E-state index contributed by atoms with van der Waals surface area (Å²) in [5, 5.41) is 18.1. The number of methoxy groups -OCH3 is 1. The largest absolute Gasteiger partial charge is 0.465 e. The Balaban J connectivity index is 2.21.